The third kappa shape index (κ3) is 3.96. The van der Waals surface area contributed by atoms with Gasteiger partial charge in [-0.25, -0.2) is 4.98 Å². The van der Waals surface area contributed by atoms with Gasteiger partial charge in [0.1, 0.15) is 6.54 Å². The quantitative estimate of drug-likeness (QED) is 0.558. The summed E-state index contributed by atoms with van der Waals surface area (Å²) in [6, 6.07) is 10.7. The maximum atomic E-state index is 12.1. The lowest BCUT2D eigenvalue weighted by molar-refractivity contribution is -0.384. The Morgan fingerprint density at radius 3 is 2.80 bits per heavy atom. The highest BCUT2D eigenvalue weighted by molar-refractivity contribution is 7.13. The molecule has 25 heavy (non-hydrogen) atoms. The molecule has 1 N–H and O–H groups in total. The average Bonchev–Trinajstić information content (AvgIpc) is 3.11. The molecular formula is C16H12N4O4S. The van der Waals surface area contributed by atoms with Gasteiger partial charge in [0, 0.05) is 23.9 Å². The van der Waals surface area contributed by atoms with Gasteiger partial charge in [-0.3, -0.25) is 24.3 Å². The van der Waals surface area contributed by atoms with E-state index in [1.165, 1.54) is 52.6 Å². The number of hydrogen-bond donors (Lipinski definition) is 1. The van der Waals surface area contributed by atoms with Crippen molar-refractivity contribution in [1.82, 2.24) is 9.55 Å². The number of carbonyl (C=O) groups is 1. The number of nitro benzene ring substituents is 1. The molecule has 3 aromatic rings. The zero-order valence-electron chi connectivity index (χ0n) is 12.8. The van der Waals surface area contributed by atoms with E-state index in [1.807, 2.05) is 17.5 Å². The molecule has 0 aliphatic carbocycles. The Kier molecular flexibility index (Phi) is 4.66. The van der Waals surface area contributed by atoms with E-state index in [1.54, 1.807) is 0 Å². The van der Waals surface area contributed by atoms with E-state index in [0.717, 1.165) is 4.88 Å². The molecule has 1 aromatic carbocycles. The minimum atomic E-state index is -0.548. The molecule has 3 rings (SSSR count). The summed E-state index contributed by atoms with van der Waals surface area (Å²) in [5, 5.41) is 15.2. The zero-order chi connectivity index (χ0) is 17.8. The van der Waals surface area contributed by atoms with Gasteiger partial charge in [-0.05, 0) is 17.5 Å². The number of rotatable bonds is 5. The maximum Gasteiger partial charge on any atom is 0.271 e. The summed E-state index contributed by atoms with van der Waals surface area (Å²) in [5.41, 5.74) is 0.357. The average molecular weight is 356 g/mol. The van der Waals surface area contributed by atoms with Crippen LogP contribution in [0.3, 0.4) is 0 Å². The fourth-order valence-corrected chi connectivity index (χ4v) is 2.85. The van der Waals surface area contributed by atoms with Crippen LogP contribution in [0.25, 0.3) is 10.6 Å². The summed E-state index contributed by atoms with van der Waals surface area (Å²) in [6.45, 7) is -0.237. The number of hydrogen-bond acceptors (Lipinski definition) is 6. The molecule has 0 radical (unpaired) electrons. The number of nitrogens with zero attached hydrogens (tertiary/aromatic N) is 3. The fraction of sp³-hybridized carbons (Fsp3) is 0.0625. The molecule has 0 fully saturated rings. The number of benzene rings is 1. The normalized spacial score (nSPS) is 10.4. The Bertz CT molecular complexity index is 982. The van der Waals surface area contributed by atoms with Gasteiger partial charge in [0.05, 0.1) is 21.8 Å². The predicted molar refractivity (Wildman–Crippen MR) is 93.5 cm³/mol. The van der Waals surface area contributed by atoms with Crippen molar-refractivity contribution in [2.75, 3.05) is 5.32 Å². The van der Waals surface area contributed by atoms with Gasteiger partial charge in [-0.15, -0.1) is 11.3 Å². The van der Waals surface area contributed by atoms with Crippen LogP contribution in [0.1, 0.15) is 0 Å². The van der Waals surface area contributed by atoms with Crippen LogP contribution in [-0.2, 0) is 11.3 Å². The second kappa shape index (κ2) is 7.05. The number of nitrogens with one attached hydrogen (secondary N) is 1. The Labute approximate surface area is 145 Å². The minimum Gasteiger partial charge on any atom is -0.324 e. The molecule has 0 bridgehead atoms. The molecule has 1 amide bonds. The van der Waals surface area contributed by atoms with E-state index in [2.05, 4.69) is 10.3 Å². The fourth-order valence-electron chi connectivity index (χ4n) is 2.16. The van der Waals surface area contributed by atoms with Crippen molar-refractivity contribution in [2.24, 2.45) is 0 Å². The molecule has 2 heterocycles. The van der Waals surface area contributed by atoms with Crippen LogP contribution >= 0.6 is 11.3 Å². The lowest BCUT2D eigenvalue weighted by Crippen LogP contribution is -2.27. The van der Waals surface area contributed by atoms with Crippen molar-refractivity contribution in [2.45, 2.75) is 6.54 Å². The summed E-state index contributed by atoms with van der Waals surface area (Å²) in [7, 11) is 0. The van der Waals surface area contributed by atoms with E-state index < -0.39 is 10.8 Å². The van der Waals surface area contributed by atoms with Crippen LogP contribution in [0.4, 0.5) is 11.4 Å². The third-order valence-electron chi connectivity index (χ3n) is 3.31. The monoisotopic (exact) mass is 356 g/mol. The molecule has 0 spiro atoms. The van der Waals surface area contributed by atoms with Crippen LogP contribution in [-0.4, -0.2) is 20.4 Å². The van der Waals surface area contributed by atoms with E-state index in [0.29, 0.717) is 5.69 Å². The van der Waals surface area contributed by atoms with Crippen molar-refractivity contribution >= 4 is 28.6 Å². The summed E-state index contributed by atoms with van der Waals surface area (Å²) >= 11 is 1.46. The number of non-ortho nitro benzene ring substituents is 1. The molecule has 0 atom stereocenters. The standard InChI is InChI=1S/C16H12N4O4S/c21-15(18-11-3-1-4-12(7-11)20(23)24)9-19-10-17-13(8-16(19)22)14-5-2-6-25-14/h1-8,10H,9H2,(H,18,21). The largest absolute Gasteiger partial charge is 0.324 e. The first-order chi connectivity index (χ1) is 12.0. The van der Waals surface area contributed by atoms with E-state index >= 15 is 0 Å². The molecule has 2 aromatic heterocycles. The van der Waals surface area contributed by atoms with Gasteiger partial charge in [0.25, 0.3) is 11.2 Å². The predicted octanol–water partition coefficient (Wildman–Crippen LogP) is 2.52. The lowest BCUT2D eigenvalue weighted by atomic mass is 10.3. The molecule has 0 aliphatic rings. The lowest BCUT2D eigenvalue weighted by Gasteiger charge is -2.07. The summed E-state index contributed by atoms with van der Waals surface area (Å²) < 4.78 is 1.17. The number of thiophene rings is 1. The van der Waals surface area contributed by atoms with Crippen molar-refractivity contribution < 1.29 is 9.72 Å². The molecule has 8 nitrogen and oxygen atoms in total. The molecule has 0 saturated carbocycles. The van der Waals surface area contributed by atoms with Crippen molar-refractivity contribution in [3.8, 4) is 10.6 Å². The van der Waals surface area contributed by atoms with Gasteiger partial charge < -0.3 is 5.32 Å². The number of aromatic nitrogens is 2. The maximum absolute atomic E-state index is 12.1. The summed E-state index contributed by atoms with van der Waals surface area (Å²) in [5.74, 6) is -0.478. The van der Waals surface area contributed by atoms with E-state index in [9.17, 15) is 19.7 Å². The highest BCUT2D eigenvalue weighted by atomic mass is 32.1. The van der Waals surface area contributed by atoms with Gasteiger partial charge in [-0.2, -0.15) is 0 Å². The van der Waals surface area contributed by atoms with Gasteiger partial charge in [-0.1, -0.05) is 12.1 Å². The van der Waals surface area contributed by atoms with Crippen LogP contribution < -0.4 is 10.9 Å². The summed E-state index contributed by atoms with van der Waals surface area (Å²) in [4.78, 5) is 39.4. The number of carbonyl (C=O) groups excluding carboxylic acids is 1. The number of nitro groups is 1. The zero-order valence-corrected chi connectivity index (χ0v) is 13.6. The molecule has 0 saturated heterocycles. The second-order valence-corrected chi connectivity index (χ2v) is 6.02. The molecule has 0 unspecified atom stereocenters. The first-order valence-electron chi connectivity index (χ1n) is 7.17. The first-order valence-corrected chi connectivity index (χ1v) is 8.05. The second-order valence-electron chi connectivity index (χ2n) is 5.07. The molecule has 0 aliphatic heterocycles. The Hall–Kier alpha value is -3.33. The van der Waals surface area contributed by atoms with Gasteiger partial charge in [0.2, 0.25) is 5.91 Å². The van der Waals surface area contributed by atoms with Gasteiger partial charge >= 0.3 is 0 Å². The molecule has 9 heteroatoms. The van der Waals surface area contributed by atoms with Crippen LogP contribution in [0, 0.1) is 10.1 Å². The van der Waals surface area contributed by atoms with Crippen LogP contribution in [0.2, 0.25) is 0 Å². The molecule has 126 valence electrons. The van der Waals surface area contributed by atoms with E-state index in [-0.39, 0.29) is 23.5 Å². The Morgan fingerprint density at radius 2 is 2.12 bits per heavy atom. The SMILES string of the molecule is O=C(Cn1cnc(-c2cccs2)cc1=O)Nc1cccc([N+](=O)[O-])c1. The first kappa shape index (κ1) is 16.5. The third-order valence-corrected chi connectivity index (χ3v) is 4.20. The number of anilines is 1. The Balaban J connectivity index is 1.72. The highest BCUT2D eigenvalue weighted by Gasteiger charge is 2.10. The minimum absolute atomic E-state index is 0.128. The number of amides is 1. The van der Waals surface area contributed by atoms with Crippen LogP contribution in [0.5, 0.6) is 0 Å². The topological polar surface area (TPSA) is 107 Å². The summed E-state index contributed by atoms with van der Waals surface area (Å²) in [6.07, 6.45) is 1.31. The molecular weight excluding hydrogens is 344 g/mol. The van der Waals surface area contributed by atoms with E-state index in [4.69, 9.17) is 0 Å². The van der Waals surface area contributed by atoms with Crippen molar-refractivity contribution in [1.29, 1.82) is 0 Å². The highest BCUT2D eigenvalue weighted by Crippen LogP contribution is 2.20. The smallest absolute Gasteiger partial charge is 0.271 e. The van der Waals surface area contributed by atoms with Gasteiger partial charge in [0.15, 0.2) is 0 Å². The van der Waals surface area contributed by atoms with Crippen molar-refractivity contribution in [3.63, 3.8) is 0 Å². The van der Waals surface area contributed by atoms with Crippen LogP contribution in [0.15, 0.2) is 59.0 Å². The van der Waals surface area contributed by atoms with Crippen molar-refractivity contribution in [3.05, 3.63) is 74.6 Å². The Morgan fingerprint density at radius 1 is 1.28 bits per heavy atom.